The molecule has 0 spiro atoms. The molecule has 0 saturated heterocycles. The minimum Gasteiger partial charge on any atom is -0.409 e. The van der Waals surface area contributed by atoms with Crippen molar-refractivity contribution in [2.75, 3.05) is 13.6 Å². The van der Waals surface area contributed by atoms with E-state index in [1.165, 1.54) is 7.05 Å². The summed E-state index contributed by atoms with van der Waals surface area (Å²) in [6.07, 6.45) is 0. The first-order valence-electron chi connectivity index (χ1n) is 5.87. The number of nitrogens with two attached hydrogens (primary N) is 1. The lowest BCUT2D eigenvalue weighted by atomic mass is 10.1. The third kappa shape index (κ3) is 2.59. The van der Waals surface area contributed by atoms with Crippen LogP contribution in [0.15, 0.2) is 52.5 Å². The summed E-state index contributed by atoms with van der Waals surface area (Å²) in [7, 11) is -2.33. The molecule has 0 bridgehead atoms. The summed E-state index contributed by atoms with van der Waals surface area (Å²) in [5.41, 5.74) is 5.36. The lowest BCUT2D eigenvalue weighted by Crippen LogP contribution is -2.35. The zero-order chi connectivity index (χ0) is 14.8. The van der Waals surface area contributed by atoms with Crippen LogP contribution in [0.5, 0.6) is 0 Å². The highest BCUT2D eigenvalue weighted by atomic mass is 32.2. The second kappa shape index (κ2) is 5.48. The van der Waals surface area contributed by atoms with Crippen LogP contribution in [-0.4, -0.2) is 37.4 Å². The highest BCUT2D eigenvalue weighted by Crippen LogP contribution is 2.24. The zero-order valence-corrected chi connectivity index (χ0v) is 11.7. The van der Waals surface area contributed by atoms with Crippen LogP contribution in [0.4, 0.5) is 0 Å². The van der Waals surface area contributed by atoms with Gasteiger partial charge >= 0.3 is 0 Å². The number of rotatable bonds is 4. The number of hydrogen-bond donors (Lipinski definition) is 2. The molecule has 20 heavy (non-hydrogen) atoms. The van der Waals surface area contributed by atoms with Crippen LogP contribution < -0.4 is 5.73 Å². The topological polar surface area (TPSA) is 96.0 Å². The normalized spacial score (nSPS) is 13.0. The Labute approximate surface area is 117 Å². The van der Waals surface area contributed by atoms with Gasteiger partial charge in [0.25, 0.3) is 0 Å². The van der Waals surface area contributed by atoms with Crippen LogP contribution >= 0.6 is 0 Å². The monoisotopic (exact) mass is 293 g/mol. The van der Waals surface area contributed by atoms with Gasteiger partial charge in [-0.1, -0.05) is 41.6 Å². The second-order valence-electron chi connectivity index (χ2n) is 4.33. The molecule has 0 heterocycles. The van der Waals surface area contributed by atoms with Gasteiger partial charge in [-0.25, -0.2) is 8.42 Å². The summed E-state index contributed by atoms with van der Waals surface area (Å²) in [6, 6.07) is 12.3. The van der Waals surface area contributed by atoms with Gasteiger partial charge in [0, 0.05) is 12.4 Å². The largest absolute Gasteiger partial charge is 0.409 e. The van der Waals surface area contributed by atoms with Crippen molar-refractivity contribution >= 4 is 26.6 Å². The van der Waals surface area contributed by atoms with Gasteiger partial charge in [0.1, 0.15) is 0 Å². The van der Waals surface area contributed by atoms with E-state index in [9.17, 15) is 8.42 Å². The van der Waals surface area contributed by atoms with Crippen molar-refractivity contribution in [1.82, 2.24) is 4.31 Å². The van der Waals surface area contributed by atoms with E-state index < -0.39 is 10.0 Å². The second-order valence-corrected chi connectivity index (χ2v) is 6.34. The van der Waals surface area contributed by atoms with Crippen LogP contribution in [0.25, 0.3) is 10.8 Å². The van der Waals surface area contributed by atoms with Gasteiger partial charge in [-0.05, 0) is 11.5 Å². The fourth-order valence-electron chi connectivity index (χ4n) is 1.93. The van der Waals surface area contributed by atoms with Crippen LogP contribution in [0.3, 0.4) is 0 Å². The first-order valence-corrected chi connectivity index (χ1v) is 7.31. The van der Waals surface area contributed by atoms with Crippen molar-refractivity contribution in [1.29, 1.82) is 0 Å². The van der Waals surface area contributed by atoms with E-state index >= 15 is 0 Å². The third-order valence-corrected chi connectivity index (χ3v) is 4.81. The average molecular weight is 293 g/mol. The van der Waals surface area contributed by atoms with E-state index in [-0.39, 0.29) is 17.3 Å². The SMILES string of the molecule is CN(C/C(N)=N/O)S(=O)(=O)c1cccc2ccccc12. The minimum atomic E-state index is -3.71. The molecule has 106 valence electrons. The Hall–Kier alpha value is -2.12. The van der Waals surface area contributed by atoms with Crippen molar-refractivity contribution in [3.8, 4) is 0 Å². The first-order chi connectivity index (χ1) is 9.46. The fourth-order valence-corrected chi connectivity index (χ4v) is 3.29. The molecule has 0 saturated carbocycles. The molecule has 6 nitrogen and oxygen atoms in total. The van der Waals surface area contributed by atoms with Gasteiger partial charge < -0.3 is 10.9 Å². The van der Waals surface area contributed by atoms with Crippen molar-refractivity contribution in [3.05, 3.63) is 42.5 Å². The maximum atomic E-state index is 12.5. The molecular formula is C13H15N3O3S. The number of likely N-dealkylation sites (N-methyl/N-ethyl adjacent to an activating group) is 1. The van der Waals surface area contributed by atoms with E-state index in [2.05, 4.69) is 5.16 Å². The van der Waals surface area contributed by atoms with Gasteiger partial charge in [-0.2, -0.15) is 4.31 Å². The molecule has 7 heteroatoms. The smallest absolute Gasteiger partial charge is 0.243 e. The van der Waals surface area contributed by atoms with Gasteiger partial charge in [-0.3, -0.25) is 0 Å². The van der Waals surface area contributed by atoms with E-state index in [1.807, 2.05) is 18.2 Å². The number of amidine groups is 1. The third-order valence-electron chi connectivity index (χ3n) is 2.95. The molecule has 0 fully saturated rings. The molecule has 0 aromatic heterocycles. The lowest BCUT2D eigenvalue weighted by Gasteiger charge is -2.17. The lowest BCUT2D eigenvalue weighted by molar-refractivity contribution is 0.315. The first kappa shape index (κ1) is 14.3. The van der Waals surface area contributed by atoms with Gasteiger partial charge in [0.2, 0.25) is 10.0 Å². The van der Waals surface area contributed by atoms with Gasteiger partial charge in [0.05, 0.1) is 11.4 Å². The highest BCUT2D eigenvalue weighted by Gasteiger charge is 2.23. The predicted octanol–water partition coefficient (Wildman–Crippen LogP) is 1.21. The van der Waals surface area contributed by atoms with Crippen molar-refractivity contribution in [2.45, 2.75) is 4.90 Å². The molecule has 2 rings (SSSR count). The summed E-state index contributed by atoms with van der Waals surface area (Å²) in [5, 5.41) is 12.8. The molecular weight excluding hydrogens is 278 g/mol. The zero-order valence-electron chi connectivity index (χ0n) is 10.9. The Morgan fingerprint density at radius 2 is 1.90 bits per heavy atom. The summed E-state index contributed by atoms with van der Waals surface area (Å²) in [4.78, 5) is 0.198. The molecule has 3 N–H and O–H groups in total. The molecule has 0 atom stereocenters. The Morgan fingerprint density at radius 3 is 2.60 bits per heavy atom. The Morgan fingerprint density at radius 1 is 1.25 bits per heavy atom. The molecule has 0 aliphatic carbocycles. The number of nitrogens with zero attached hydrogens (tertiary/aromatic N) is 2. The maximum Gasteiger partial charge on any atom is 0.243 e. The molecule has 0 aliphatic heterocycles. The maximum absolute atomic E-state index is 12.5. The van der Waals surface area contributed by atoms with Crippen molar-refractivity contribution in [3.63, 3.8) is 0 Å². The van der Waals surface area contributed by atoms with Crippen LogP contribution in [-0.2, 0) is 10.0 Å². The molecule has 0 aliphatic rings. The Kier molecular flexibility index (Phi) is 3.91. The average Bonchev–Trinajstić information content (AvgIpc) is 2.46. The van der Waals surface area contributed by atoms with E-state index in [4.69, 9.17) is 10.9 Å². The summed E-state index contributed by atoms with van der Waals surface area (Å²) < 4.78 is 26.1. The van der Waals surface area contributed by atoms with Crippen molar-refractivity contribution in [2.24, 2.45) is 10.9 Å². The van der Waals surface area contributed by atoms with Gasteiger partial charge in [-0.15, -0.1) is 0 Å². The highest BCUT2D eigenvalue weighted by molar-refractivity contribution is 7.89. The number of sulfonamides is 1. The van der Waals surface area contributed by atoms with Crippen LogP contribution in [0.1, 0.15) is 0 Å². The van der Waals surface area contributed by atoms with Crippen LogP contribution in [0, 0.1) is 0 Å². The summed E-state index contributed by atoms with van der Waals surface area (Å²) >= 11 is 0. The fraction of sp³-hybridized carbons (Fsp3) is 0.154. The molecule has 0 unspecified atom stereocenters. The molecule has 2 aromatic carbocycles. The predicted molar refractivity (Wildman–Crippen MR) is 77.2 cm³/mol. The summed E-state index contributed by atoms with van der Waals surface area (Å²) in [6.45, 7) is -0.179. The summed E-state index contributed by atoms with van der Waals surface area (Å²) in [5.74, 6) is -0.170. The molecule has 0 radical (unpaired) electrons. The molecule has 0 amide bonds. The minimum absolute atomic E-state index is 0.170. The quantitative estimate of drug-likeness (QED) is 0.383. The number of oxime groups is 1. The molecule has 2 aromatic rings. The van der Waals surface area contributed by atoms with Crippen LogP contribution in [0.2, 0.25) is 0 Å². The van der Waals surface area contributed by atoms with Gasteiger partial charge in [0.15, 0.2) is 5.84 Å². The Balaban J connectivity index is 2.52. The number of hydrogen-bond acceptors (Lipinski definition) is 4. The van der Waals surface area contributed by atoms with E-state index in [0.717, 1.165) is 9.69 Å². The Bertz CT molecular complexity index is 751. The number of fused-ring (bicyclic) bond motifs is 1. The van der Waals surface area contributed by atoms with E-state index in [0.29, 0.717) is 5.39 Å². The number of benzene rings is 2. The standard InChI is InChI=1S/C13H15N3O3S/c1-16(9-13(14)15-17)20(18,19)12-8-4-6-10-5-2-3-7-11(10)12/h2-8,17H,9H2,1H3,(H2,14,15). The van der Waals surface area contributed by atoms with Crippen molar-refractivity contribution < 1.29 is 13.6 Å². The van der Waals surface area contributed by atoms with E-state index in [1.54, 1.807) is 24.3 Å².